The minimum atomic E-state index is -0.726. The first-order valence-corrected chi connectivity index (χ1v) is 10.5. The summed E-state index contributed by atoms with van der Waals surface area (Å²) in [5.74, 6) is -1.30. The Morgan fingerprint density at radius 2 is 2.03 bits per heavy atom. The lowest BCUT2D eigenvalue weighted by atomic mass is 9.76. The van der Waals surface area contributed by atoms with Crippen LogP contribution in [-0.2, 0) is 25.7 Å². The fourth-order valence-corrected chi connectivity index (χ4v) is 5.33. The van der Waals surface area contributed by atoms with Crippen molar-refractivity contribution < 1.29 is 19.1 Å². The van der Waals surface area contributed by atoms with Crippen LogP contribution in [0.2, 0.25) is 0 Å². The molecule has 3 fully saturated rings. The molecular formula is C23H27N3O4. The summed E-state index contributed by atoms with van der Waals surface area (Å²) in [6.45, 7) is 6.15. The number of hydrogen-bond donors (Lipinski definition) is 0. The normalized spacial score (nSPS) is 32.4. The van der Waals surface area contributed by atoms with Crippen LogP contribution in [-0.4, -0.2) is 77.4 Å². The molecular weight excluding hydrogens is 382 g/mol. The number of ether oxygens (including phenoxy) is 1. The molecule has 0 N–H and O–H groups in total. The third-order valence-corrected chi connectivity index (χ3v) is 7.10. The fourth-order valence-electron chi connectivity index (χ4n) is 5.33. The lowest BCUT2D eigenvalue weighted by molar-refractivity contribution is -0.149. The van der Waals surface area contributed by atoms with Gasteiger partial charge in [-0.3, -0.25) is 14.4 Å². The highest BCUT2D eigenvalue weighted by Gasteiger charge is 2.67. The standard InChI is InChI=1S/C23H27N3O4/c1-14-4-5-15(2)16(10-14)11-26-13-23-7-6-17(30-23)19(20(23)22(26)29)21(28)25-9-8-24(3)18(27)12-25/h4-7,10,17,19-20H,8-9,11-13H2,1-3H3/t17-,19?,20?,23-/m1/s1. The zero-order chi connectivity index (χ0) is 21.2. The van der Waals surface area contributed by atoms with Crippen molar-refractivity contribution in [1.29, 1.82) is 0 Å². The van der Waals surface area contributed by atoms with Crippen LogP contribution in [0.25, 0.3) is 0 Å². The van der Waals surface area contributed by atoms with Gasteiger partial charge < -0.3 is 19.4 Å². The van der Waals surface area contributed by atoms with Crippen LogP contribution in [0.3, 0.4) is 0 Å². The Morgan fingerprint density at radius 1 is 1.23 bits per heavy atom. The summed E-state index contributed by atoms with van der Waals surface area (Å²) >= 11 is 0. The van der Waals surface area contributed by atoms with Crippen LogP contribution in [0, 0.1) is 25.7 Å². The van der Waals surface area contributed by atoms with E-state index in [1.165, 1.54) is 0 Å². The zero-order valence-corrected chi connectivity index (χ0v) is 17.6. The fraction of sp³-hybridized carbons (Fsp3) is 0.522. The van der Waals surface area contributed by atoms with Gasteiger partial charge in [0.1, 0.15) is 5.60 Å². The Morgan fingerprint density at radius 3 is 2.80 bits per heavy atom. The highest BCUT2D eigenvalue weighted by Crippen LogP contribution is 2.52. The first kappa shape index (κ1) is 19.3. The summed E-state index contributed by atoms with van der Waals surface area (Å²) in [5, 5.41) is 0. The molecule has 3 saturated heterocycles. The Bertz CT molecular complexity index is 973. The smallest absolute Gasteiger partial charge is 0.241 e. The zero-order valence-electron chi connectivity index (χ0n) is 17.6. The number of carbonyl (C=O) groups is 3. The van der Waals surface area contributed by atoms with Gasteiger partial charge >= 0.3 is 0 Å². The number of likely N-dealkylation sites (tertiary alicyclic amines) is 1. The molecule has 5 rings (SSSR count). The summed E-state index contributed by atoms with van der Waals surface area (Å²) in [4.78, 5) is 44.0. The van der Waals surface area contributed by atoms with Gasteiger partial charge in [-0.1, -0.05) is 35.9 Å². The molecule has 4 atom stereocenters. The lowest BCUT2D eigenvalue weighted by Crippen LogP contribution is -2.54. The van der Waals surface area contributed by atoms with Crippen LogP contribution in [0.4, 0.5) is 0 Å². The number of hydrogen-bond acceptors (Lipinski definition) is 4. The molecule has 7 nitrogen and oxygen atoms in total. The molecule has 2 unspecified atom stereocenters. The van der Waals surface area contributed by atoms with Gasteiger partial charge in [0.25, 0.3) is 0 Å². The third kappa shape index (κ3) is 2.79. The molecule has 1 spiro atoms. The molecule has 2 bridgehead atoms. The number of amides is 3. The molecule has 0 saturated carbocycles. The number of nitrogens with zero attached hydrogens (tertiary/aromatic N) is 3. The van der Waals surface area contributed by atoms with Crippen molar-refractivity contribution in [2.75, 3.05) is 33.2 Å². The summed E-state index contributed by atoms with van der Waals surface area (Å²) in [6, 6.07) is 6.25. The monoisotopic (exact) mass is 409 g/mol. The number of fused-ring (bicyclic) bond motifs is 1. The number of piperazine rings is 1. The highest BCUT2D eigenvalue weighted by molar-refractivity contribution is 5.94. The van der Waals surface area contributed by atoms with E-state index in [9.17, 15) is 14.4 Å². The first-order valence-electron chi connectivity index (χ1n) is 10.5. The number of rotatable bonds is 3. The van der Waals surface area contributed by atoms with Crippen molar-refractivity contribution in [1.82, 2.24) is 14.7 Å². The Kier molecular flexibility index (Phi) is 4.29. The molecule has 1 aromatic rings. The third-order valence-electron chi connectivity index (χ3n) is 7.10. The van der Waals surface area contributed by atoms with Crippen molar-refractivity contribution in [3.8, 4) is 0 Å². The molecule has 7 heteroatoms. The van der Waals surface area contributed by atoms with Gasteiger partial charge in [0.2, 0.25) is 17.7 Å². The predicted molar refractivity (Wildman–Crippen MR) is 109 cm³/mol. The van der Waals surface area contributed by atoms with Crippen molar-refractivity contribution in [3.05, 3.63) is 47.0 Å². The molecule has 3 amide bonds. The quantitative estimate of drug-likeness (QED) is 0.695. The number of benzene rings is 1. The van der Waals surface area contributed by atoms with Crippen LogP contribution < -0.4 is 0 Å². The maximum atomic E-state index is 13.5. The van der Waals surface area contributed by atoms with Gasteiger partial charge in [-0.25, -0.2) is 0 Å². The van der Waals surface area contributed by atoms with Gasteiger partial charge in [0.15, 0.2) is 0 Å². The van der Waals surface area contributed by atoms with E-state index in [2.05, 4.69) is 18.2 Å². The molecule has 0 radical (unpaired) electrons. The van der Waals surface area contributed by atoms with Crippen molar-refractivity contribution in [2.45, 2.75) is 32.1 Å². The largest absolute Gasteiger partial charge is 0.360 e. The average Bonchev–Trinajstić information content (AvgIpc) is 3.35. The first-order chi connectivity index (χ1) is 14.3. The van der Waals surface area contributed by atoms with Crippen LogP contribution in [0.5, 0.6) is 0 Å². The van der Waals surface area contributed by atoms with E-state index >= 15 is 0 Å². The Labute approximate surface area is 176 Å². The topological polar surface area (TPSA) is 70.2 Å². The second kappa shape index (κ2) is 6.67. The Balaban J connectivity index is 1.39. The van der Waals surface area contributed by atoms with Crippen molar-refractivity contribution in [2.24, 2.45) is 11.8 Å². The summed E-state index contributed by atoms with van der Waals surface area (Å²) in [6.07, 6.45) is 3.51. The lowest BCUT2D eigenvalue weighted by Gasteiger charge is -2.35. The van der Waals surface area contributed by atoms with Crippen LogP contribution in [0.1, 0.15) is 16.7 Å². The van der Waals surface area contributed by atoms with Gasteiger partial charge in [0, 0.05) is 26.7 Å². The SMILES string of the molecule is Cc1ccc(C)c(CN2C[C@@]34C=C[C@@H](O3)C(C(=O)N3CCN(C)C(=O)C3)C4C2=O)c1. The van der Waals surface area contributed by atoms with E-state index in [0.29, 0.717) is 26.2 Å². The van der Waals surface area contributed by atoms with Crippen LogP contribution in [0.15, 0.2) is 30.4 Å². The Hall–Kier alpha value is -2.67. The van der Waals surface area contributed by atoms with E-state index in [4.69, 9.17) is 4.74 Å². The van der Waals surface area contributed by atoms with E-state index in [0.717, 1.165) is 16.7 Å². The molecule has 0 aromatic heterocycles. The molecule has 0 aliphatic carbocycles. The maximum Gasteiger partial charge on any atom is 0.241 e. The van der Waals surface area contributed by atoms with Gasteiger partial charge in [-0.05, 0) is 25.0 Å². The molecule has 1 aromatic carbocycles. The van der Waals surface area contributed by atoms with Crippen LogP contribution >= 0.6 is 0 Å². The van der Waals surface area contributed by atoms with Crippen molar-refractivity contribution >= 4 is 17.7 Å². The minimum Gasteiger partial charge on any atom is -0.360 e. The summed E-state index contributed by atoms with van der Waals surface area (Å²) in [7, 11) is 1.74. The molecule has 4 aliphatic rings. The summed E-state index contributed by atoms with van der Waals surface area (Å²) < 4.78 is 6.23. The second-order valence-electron chi connectivity index (χ2n) is 9.10. The maximum absolute atomic E-state index is 13.5. The predicted octanol–water partition coefficient (Wildman–Crippen LogP) is 0.886. The molecule has 4 heterocycles. The molecule has 158 valence electrons. The minimum absolute atomic E-state index is 0.0263. The van der Waals surface area contributed by atoms with Gasteiger partial charge in [-0.15, -0.1) is 0 Å². The second-order valence-corrected chi connectivity index (χ2v) is 9.10. The number of likely N-dealkylation sites (N-methyl/N-ethyl adjacent to an activating group) is 1. The molecule has 4 aliphatic heterocycles. The number of carbonyl (C=O) groups excluding carboxylic acids is 3. The van der Waals surface area contributed by atoms with Gasteiger partial charge in [0.05, 0.1) is 31.0 Å². The molecule has 30 heavy (non-hydrogen) atoms. The van der Waals surface area contributed by atoms with E-state index in [1.807, 2.05) is 30.9 Å². The van der Waals surface area contributed by atoms with E-state index < -0.39 is 17.4 Å². The van der Waals surface area contributed by atoms with Gasteiger partial charge in [-0.2, -0.15) is 0 Å². The summed E-state index contributed by atoms with van der Waals surface area (Å²) in [5.41, 5.74) is 2.69. The van der Waals surface area contributed by atoms with Crippen molar-refractivity contribution in [3.63, 3.8) is 0 Å². The van der Waals surface area contributed by atoms with E-state index in [-0.39, 0.29) is 30.4 Å². The highest BCUT2D eigenvalue weighted by atomic mass is 16.5. The number of aryl methyl sites for hydroxylation is 2. The average molecular weight is 409 g/mol. The van der Waals surface area contributed by atoms with E-state index in [1.54, 1.807) is 16.8 Å².